The van der Waals surface area contributed by atoms with Gasteiger partial charge in [0, 0.05) is 10.2 Å². The van der Waals surface area contributed by atoms with Crippen LogP contribution in [0.15, 0.2) is 22.7 Å². The minimum absolute atomic E-state index is 0.0250. The van der Waals surface area contributed by atoms with E-state index >= 15 is 0 Å². The number of nitrogens with one attached hydrogen (secondary N) is 2. The van der Waals surface area contributed by atoms with E-state index in [9.17, 15) is 4.79 Å². The average molecular weight is 283 g/mol. The standard InChI is InChI=1S/C12H15BrN2O/c1-8-7-9(13)4-5-10(8)15-12(16)11-3-2-6-14-11/h4-5,7,11,14H,2-3,6H2,1H3,(H,15,16). The molecule has 0 saturated carbocycles. The number of benzene rings is 1. The van der Waals surface area contributed by atoms with Gasteiger partial charge in [-0.2, -0.15) is 0 Å². The Bertz CT molecular complexity index is 400. The molecule has 0 aliphatic carbocycles. The van der Waals surface area contributed by atoms with Gasteiger partial charge in [-0.05, 0) is 50.1 Å². The lowest BCUT2D eigenvalue weighted by molar-refractivity contribution is -0.117. The molecule has 1 amide bonds. The zero-order valence-electron chi connectivity index (χ0n) is 9.22. The van der Waals surface area contributed by atoms with Crippen LogP contribution < -0.4 is 10.6 Å². The maximum Gasteiger partial charge on any atom is 0.241 e. The molecule has 1 aliphatic heterocycles. The SMILES string of the molecule is Cc1cc(Br)ccc1NC(=O)C1CCCN1. The maximum absolute atomic E-state index is 11.9. The Morgan fingerprint density at radius 1 is 1.56 bits per heavy atom. The lowest BCUT2D eigenvalue weighted by atomic mass is 10.1. The van der Waals surface area contributed by atoms with Gasteiger partial charge in [-0.3, -0.25) is 4.79 Å². The number of anilines is 1. The highest BCUT2D eigenvalue weighted by Crippen LogP contribution is 2.20. The summed E-state index contributed by atoms with van der Waals surface area (Å²) in [5.74, 6) is 0.0722. The molecule has 86 valence electrons. The van der Waals surface area contributed by atoms with Crippen molar-refractivity contribution in [2.75, 3.05) is 11.9 Å². The summed E-state index contributed by atoms with van der Waals surface area (Å²) in [4.78, 5) is 11.9. The third-order valence-electron chi connectivity index (χ3n) is 2.82. The van der Waals surface area contributed by atoms with E-state index in [1.807, 2.05) is 25.1 Å². The number of amides is 1. The third kappa shape index (κ3) is 2.62. The van der Waals surface area contributed by atoms with Crippen molar-refractivity contribution in [3.05, 3.63) is 28.2 Å². The number of halogens is 1. The minimum Gasteiger partial charge on any atom is -0.324 e. The van der Waals surface area contributed by atoms with Gasteiger partial charge in [-0.15, -0.1) is 0 Å². The first-order valence-electron chi connectivity index (χ1n) is 5.47. The molecule has 0 spiro atoms. The summed E-state index contributed by atoms with van der Waals surface area (Å²) in [5.41, 5.74) is 1.96. The first kappa shape index (κ1) is 11.6. The second kappa shape index (κ2) is 4.97. The van der Waals surface area contributed by atoms with E-state index in [-0.39, 0.29) is 11.9 Å². The molecule has 0 bridgehead atoms. The van der Waals surface area contributed by atoms with Gasteiger partial charge < -0.3 is 10.6 Å². The molecule has 1 heterocycles. The van der Waals surface area contributed by atoms with Crippen molar-refractivity contribution in [3.63, 3.8) is 0 Å². The summed E-state index contributed by atoms with van der Waals surface area (Å²) in [7, 11) is 0. The number of carbonyl (C=O) groups excluding carboxylic acids is 1. The Kier molecular flexibility index (Phi) is 3.61. The summed E-state index contributed by atoms with van der Waals surface area (Å²) in [6, 6.07) is 5.83. The molecule has 0 radical (unpaired) electrons. The van der Waals surface area contributed by atoms with Gasteiger partial charge in [-0.25, -0.2) is 0 Å². The molecule has 2 rings (SSSR count). The van der Waals surface area contributed by atoms with Gasteiger partial charge in [0.1, 0.15) is 0 Å². The number of hydrogen-bond donors (Lipinski definition) is 2. The monoisotopic (exact) mass is 282 g/mol. The van der Waals surface area contributed by atoms with Gasteiger partial charge in [-0.1, -0.05) is 15.9 Å². The maximum atomic E-state index is 11.9. The van der Waals surface area contributed by atoms with Gasteiger partial charge in [0.15, 0.2) is 0 Å². The molecule has 1 aromatic carbocycles. The van der Waals surface area contributed by atoms with Crippen LogP contribution in [0.4, 0.5) is 5.69 Å². The van der Waals surface area contributed by atoms with Crippen LogP contribution in [0.1, 0.15) is 18.4 Å². The molecule has 0 aromatic heterocycles. The summed E-state index contributed by atoms with van der Waals surface area (Å²) in [5, 5.41) is 6.14. The molecule has 1 aromatic rings. The van der Waals surface area contributed by atoms with E-state index in [4.69, 9.17) is 0 Å². The Labute approximate surface area is 104 Å². The fourth-order valence-corrected chi connectivity index (χ4v) is 2.37. The average Bonchev–Trinajstić information content (AvgIpc) is 2.75. The summed E-state index contributed by atoms with van der Waals surface area (Å²) in [6.45, 7) is 2.93. The van der Waals surface area contributed by atoms with Crippen molar-refractivity contribution >= 4 is 27.5 Å². The largest absolute Gasteiger partial charge is 0.324 e. The second-order valence-corrected chi connectivity index (χ2v) is 5.01. The molecular weight excluding hydrogens is 268 g/mol. The van der Waals surface area contributed by atoms with Crippen LogP contribution >= 0.6 is 15.9 Å². The van der Waals surface area contributed by atoms with E-state index in [2.05, 4.69) is 26.6 Å². The molecule has 1 fully saturated rings. The fraction of sp³-hybridized carbons (Fsp3) is 0.417. The molecule has 2 N–H and O–H groups in total. The Hall–Kier alpha value is -0.870. The number of rotatable bonds is 2. The highest BCUT2D eigenvalue weighted by atomic mass is 79.9. The van der Waals surface area contributed by atoms with Crippen molar-refractivity contribution in [2.45, 2.75) is 25.8 Å². The highest BCUT2D eigenvalue weighted by Gasteiger charge is 2.22. The zero-order valence-corrected chi connectivity index (χ0v) is 10.8. The summed E-state index contributed by atoms with van der Waals surface area (Å²) < 4.78 is 1.03. The van der Waals surface area contributed by atoms with Crippen LogP contribution in [0.25, 0.3) is 0 Å². The van der Waals surface area contributed by atoms with Crippen molar-refractivity contribution in [3.8, 4) is 0 Å². The molecule has 4 heteroatoms. The Morgan fingerprint density at radius 3 is 3.00 bits per heavy atom. The molecular formula is C12H15BrN2O. The summed E-state index contributed by atoms with van der Waals surface area (Å²) >= 11 is 3.40. The molecule has 1 saturated heterocycles. The minimum atomic E-state index is -0.0250. The van der Waals surface area contributed by atoms with E-state index in [0.29, 0.717) is 0 Å². The molecule has 3 nitrogen and oxygen atoms in total. The first-order chi connectivity index (χ1) is 7.66. The topological polar surface area (TPSA) is 41.1 Å². The lowest BCUT2D eigenvalue weighted by Crippen LogP contribution is -2.35. The van der Waals surface area contributed by atoms with Crippen molar-refractivity contribution in [1.82, 2.24) is 5.32 Å². The third-order valence-corrected chi connectivity index (χ3v) is 3.32. The lowest BCUT2D eigenvalue weighted by Gasteiger charge is -2.13. The van der Waals surface area contributed by atoms with Crippen LogP contribution in [0.3, 0.4) is 0 Å². The quantitative estimate of drug-likeness (QED) is 0.875. The fourth-order valence-electron chi connectivity index (χ4n) is 1.90. The number of aryl methyl sites for hydroxylation is 1. The Balaban J connectivity index is 2.05. The van der Waals surface area contributed by atoms with Crippen molar-refractivity contribution in [2.24, 2.45) is 0 Å². The molecule has 1 atom stereocenters. The summed E-state index contributed by atoms with van der Waals surface area (Å²) in [6.07, 6.45) is 2.01. The van der Waals surface area contributed by atoms with Gasteiger partial charge in [0.05, 0.1) is 6.04 Å². The zero-order chi connectivity index (χ0) is 11.5. The normalized spacial score (nSPS) is 19.8. The smallest absolute Gasteiger partial charge is 0.241 e. The predicted molar refractivity (Wildman–Crippen MR) is 68.5 cm³/mol. The number of hydrogen-bond acceptors (Lipinski definition) is 2. The highest BCUT2D eigenvalue weighted by molar-refractivity contribution is 9.10. The van der Waals surface area contributed by atoms with E-state index in [0.717, 1.165) is 35.1 Å². The predicted octanol–water partition coefficient (Wildman–Crippen LogP) is 2.45. The van der Waals surface area contributed by atoms with Gasteiger partial charge >= 0.3 is 0 Å². The first-order valence-corrected chi connectivity index (χ1v) is 6.26. The second-order valence-electron chi connectivity index (χ2n) is 4.10. The molecule has 1 aliphatic rings. The van der Waals surface area contributed by atoms with E-state index in [1.165, 1.54) is 0 Å². The van der Waals surface area contributed by atoms with Crippen molar-refractivity contribution < 1.29 is 4.79 Å². The van der Waals surface area contributed by atoms with E-state index < -0.39 is 0 Å². The molecule has 1 unspecified atom stereocenters. The van der Waals surface area contributed by atoms with Crippen LogP contribution in [0.5, 0.6) is 0 Å². The van der Waals surface area contributed by atoms with E-state index in [1.54, 1.807) is 0 Å². The number of carbonyl (C=O) groups is 1. The van der Waals surface area contributed by atoms with Gasteiger partial charge in [0.25, 0.3) is 0 Å². The van der Waals surface area contributed by atoms with Crippen LogP contribution in [0.2, 0.25) is 0 Å². The molecule has 16 heavy (non-hydrogen) atoms. The van der Waals surface area contributed by atoms with Crippen molar-refractivity contribution in [1.29, 1.82) is 0 Å². The van der Waals surface area contributed by atoms with Crippen LogP contribution in [0, 0.1) is 6.92 Å². The van der Waals surface area contributed by atoms with Crippen LogP contribution in [-0.4, -0.2) is 18.5 Å². The Morgan fingerprint density at radius 2 is 2.38 bits per heavy atom. The van der Waals surface area contributed by atoms with Crippen LogP contribution in [-0.2, 0) is 4.79 Å². The van der Waals surface area contributed by atoms with Gasteiger partial charge in [0.2, 0.25) is 5.91 Å².